The number of amides is 2. The predicted octanol–water partition coefficient (Wildman–Crippen LogP) is 5.18. The van der Waals surface area contributed by atoms with Crippen molar-refractivity contribution >= 4 is 29.3 Å². The molecule has 1 aliphatic rings. The van der Waals surface area contributed by atoms with Crippen molar-refractivity contribution < 1.29 is 33.3 Å². The second-order valence-corrected chi connectivity index (χ2v) is 10.7. The molecule has 1 atom stereocenters. The SMILES string of the molecule is COc1cc([C@H](C(=O)Nc2ccc3c(c2)OCO3)N(Cc2ccc(F)cc2)C(=O)CSc2nc(C)cc(C)n2)ccc1O. The molecule has 0 fully saturated rings. The molecule has 3 aromatic carbocycles. The van der Waals surface area contributed by atoms with Crippen LogP contribution in [0.15, 0.2) is 71.9 Å². The van der Waals surface area contributed by atoms with E-state index in [4.69, 9.17) is 14.2 Å². The van der Waals surface area contributed by atoms with Crippen LogP contribution in [0.1, 0.15) is 28.6 Å². The number of ether oxygens (including phenoxy) is 3. The molecule has 0 spiro atoms. The average molecular weight is 605 g/mol. The van der Waals surface area contributed by atoms with Crippen LogP contribution in [-0.2, 0) is 16.1 Å². The molecular formula is C31H29FN4O6S. The van der Waals surface area contributed by atoms with Gasteiger partial charge in [-0.05, 0) is 67.4 Å². The molecule has 2 N–H and O–H groups in total. The summed E-state index contributed by atoms with van der Waals surface area (Å²) >= 11 is 1.15. The molecule has 0 radical (unpaired) electrons. The van der Waals surface area contributed by atoms with Gasteiger partial charge in [0.15, 0.2) is 28.2 Å². The van der Waals surface area contributed by atoms with Gasteiger partial charge in [-0.25, -0.2) is 14.4 Å². The summed E-state index contributed by atoms with van der Waals surface area (Å²) in [5.41, 5.74) is 2.95. The van der Waals surface area contributed by atoms with Crippen LogP contribution in [0.5, 0.6) is 23.0 Å². The molecule has 1 aromatic heterocycles. The summed E-state index contributed by atoms with van der Waals surface area (Å²) in [7, 11) is 1.39. The smallest absolute Gasteiger partial charge is 0.251 e. The Hall–Kier alpha value is -4.84. The largest absolute Gasteiger partial charge is 0.504 e. The van der Waals surface area contributed by atoms with E-state index in [2.05, 4.69) is 15.3 Å². The molecule has 4 aromatic rings. The third-order valence-electron chi connectivity index (χ3n) is 6.59. The van der Waals surface area contributed by atoms with Crippen LogP contribution in [0.4, 0.5) is 10.1 Å². The number of aromatic hydroxyl groups is 1. The summed E-state index contributed by atoms with van der Waals surface area (Å²) in [6.45, 7) is 3.74. The first-order valence-electron chi connectivity index (χ1n) is 13.3. The van der Waals surface area contributed by atoms with Crippen molar-refractivity contribution in [2.24, 2.45) is 0 Å². The number of thioether (sulfide) groups is 1. The number of fused-ring (bicyclic) bond motifs is 1. The van der Waals surface area contributed by atoms with E-state index < -0.39 is 23.7 Å². The molecule has 222 valence electrons. The minimum Gasteiger partial charge on any atom is -0.504 e. The van der Waals surface area contributed by atoms with E-state index in [9.17, 15) is 19.1 Å². The maximum atomic E-state index is 14.1. The Kier molecular flexibility index (Phi) is 8.96. The summed E-state index contributed by atoms with van der Waals surface area (Å²) in [5.74, 6) is -0.395. The van der Waals surface area contributed by atoms with Crippen LogP contribution in [0, 0.1) is 19.7 Å². The number of anilines is 1. The zero-order valence-electron chi connectivity index (χ0n) is 23.7. The Morgan fingerprint density at radius 3 is 2.47 bits per heavy atom. The van der Waals surface area contributed by atoms with Gasteiger partial charge in [0.25, 0.3) is 5.91 Å². The number of hydrogen-bond acceptors (Lipinski definition) is 9. The van der Waals surface area contributed by atoms with Crippen LogP contribution in [-0.4, -0.2) is 51.4 Å². The van der Waals surface area contributed by atoms with Gasteiger partial charge in [-0.2, -0.15) is 0 Å². The lowest BCUT2D eigenvalue weighted by molar-refractivity contribution is -0.137. The van der Waals surface area contributed by atoms with Crippen LogP contribution in [0.3, 0.4) is 0 Å². The van der Waals surface area contributed by atoms with Crippen LogP contribution < -0.4 is 19.5 Å². The zero-order valence-corrected chi connectivity index (χ0v) is 24.5. The van der Waals surface area contributed by atoms with Gasteiger partial charge in [-0.3, -0.25) is 9.59 Å². The van der Waals surface area contributed by atoms with Crippen LogP contribution >= 0.6 is 11.8 Å². The fourth-order valence-electron chi connectivity index (χ4n) is 4.60. The van der Waals surface area contributed by atoms with Gasteiger partial charge in [0.05, 0.1) is 12.9 Å². The van der Waals surface area contributed by atoms with Crippen LogP contribution in [0.2, 0.25) is 0 Å². The highest BCUT2D eigenvalue weighted by Crippen LogP contribution is 2.36. The molecule has 43 heavy (non-hydrogen) atoms. The standard InChI is InChI=1S/C31H29FN4O6S/c1-18-12-19(2)34-31(33-18)43-16-28(38)36(15-20-4-7-22(32)8-5-20)29(21-6-10-24(37)26(13-21)40-3)30(39)35-23-9-11-25-27(14-23)42-17-41-25/h4-14,29,37H,15-17H2,1-3H3,(H,35,39)/t29-/m1/s1. The third-order valence-corrected chi connectivity index (χ3v) is 7.42. The minimum atomic E-state index is -1.18. The first-order valence-corrected chi connectivity index (χ1v) is 14.2. The lowest BCUT2D eigenvalue weighted by atomic mass is 10.0. The monoisotopic (exact) mass is 604 g/mol. The number of nitrogens with one attached hydrogen (secondary N) is 1. The third kappa shape index (κ3) is 7.15. The Bertz CT molecular complexity index is 1630. The lowest BCUT2D eigenvalue weighted by Crippen LogP contribution is -2.41. The first-order chi connectivity index (χ1) is 20.7. The number of benzene rings is 3. The molecule has 2 heterocycles. The maximum absolute atomic E-state index is 14.1. The fraction of sp³-hybridized carbons (Fsp3) is 0.226. The Labute approximate surface area is 251 Å². The van der Waals surface area contributed by atoms with E-state index in [1.165, 1.54) is 36.3 Å². The number of nitrogens with zero attached hydrogens (tertiary/aromatic N) is 3. The second kappa shape index (κ2) is 13.0. The molecule has 0 saturated carbocycles. The number of halogens is 1. The highest BCUT2D eigenvalue weighted by Gasteiger charge is 2.33. The van der Waals surface area contributed by atoms with Crippen molar-refractivity contribution in [2.45, 2.75) is 31.6 Å². The summed E-state index contributed by atoms with van der Waals surface area (Å²) in [5, 5.41) is 13.6. The van der Waals surface area contributed by atoms with E-state index in [1.807, 2.05) is 19.9 Å². The second-order valence-electron chi connectivity index (χ2n) is 9.76. The van der Waals surface area contributed by atoms with Gasteiger partial charge in [0.2, 0.25) is 12.7 Å². The molecule has 1 aliphatic heterocycles. The summed E-state index contributed by atoms with van der Waals surface area (Å²) in [6, 6.07) is 15.8. The Morgan fingerprint density at radius 2 is 1.74 bits per heavy atom. The normalized spacial score (nSPS) is 12.5. The zero-order chi connectivity index (χ0) is 30.5. The molecule has 0 bridgehead atoms. The highest BCUT2D eigenvalue weighted by molar-refractivity contribution is 7.99. The predicted molar refractivity (Wildman–Crippen MR) is 158 cm³/mol. The van der Waals surface area contributed by atoms with Gasteiger partial charge < -0.3 is 29.5 Å². The molecular weight excluding hydrogens is 575 g/mol. The van der Waals surface area contributed by atoms with Crippen LogP contribution in [0.25, 0.3) is 0 Å². The number of phenols is 1. The number of aromatic nitrogens is 2. The van der Waals surface area contributed by atoms with E-state index in [0.717, 1.165) is 23.1 Å². The lowest BCUT2D eigenvalue weighted by Gasteiger charge is -2.32. The topological polar surface area (TPSA) is 123 Å². The molecule has 5 rings (SSSR count). The molecule has 0 saturated heterocycles. The highest BCUT2D eigenvalue weighted by atomic mass is 32.2. The number of carbonyl (C=O) groups excluding carboxylic acids is 2. The number of phenolic OH excluding ortho intramolecular Hbond substituents is 1. The molecule has 12 heteroatoms. The number of methoxy groups -OCH3 is 1. The van der Waals surface area contributed by atoms with Crippen molar-refractivity contribution in [1.29, 1.82) is 0 Å². The number of carbonyl (C=O) groups is 2. The Balaban J connectivity index is 1.52. The van der Waals surface area contributed by atoms with Crippen molar-refractivity contribution in [3.05, 3.63) is 95.1 Å². The summed E-state index contributed by atoms with van der Waals surface area (Å²) < 4.78 is 29.9. The van der Waals surface area contributed by atoms with Crippen molar-refractivity contribution in [1.82, 2.24) is 14.9 Å². The van der Waals surface area contributed by atoms with E-state index in [0.29, 0.717) is 33.5 Å². The Morgan fingerprint density at radius 1 is 1.02 bits per heavy atom. The van der Waals surface area contributed by atoms with Gasteiger partial charge >= 0.3 is 0 Å². The average Bonchev–Trinajstić information content (AvgIpc) is 3.45. The number of hydrogen-bond donors (Lipinski definition) is 2. The van der Waals surface area contributed by atoms with Crippen molar-refractivity contribution in [3.63, 3.8) is 0 Å². The number of rotatable bonds is 10. The quantitative estimate of drug-likeness (QED) is 0.186. The molecule has 0 unspecified atom stereocenters. The summed E-state index contributed by atoms with van der Waals surface area (Å²) in [4.78, 5) is 38.3. The molecule has 2 amide bonds. The van der Waals surface area contributed by atoms with Gasteiger partial charge in [-0.15, -0.1) is 0 Å². The number of aryl methyl sites for hydroxylation is 2. The molecule has 0 aliphatic carbocycles. The van der Waals surface area contributed by atoms with Gasteiger partial charge in [-0.1, -0.05) is 30.0 Å². The van der Waals surface area contributed by atoms with Gasteiger partial charge in [0.1, 0.15) is 11.9 Å². The van der Waals surface area contributed by atoms with E-state index in [1.54, 1.807) is 36.4 Å². The van der Waals surface area contributed by atoms with E-state index >= 15 is 0 Å². The summed E-state index contributed by atoms with van der Waals surface area (Å²) in [6.07, 6.45) is 0. The molecule has 10 nitrogen and oxygen atoms in total. The van der Waals surface area contributed by atoms with Crippen molar-refractivity contribution in [2.75, 3.05) is 25.0 Å². The van der Waals surface area contributed by atoms with Gasteiger partial charge in [0, 0.05) is 29.7 Å². The maximum Gasteiger partial charge on any atom is 0.251 e. The first kappa shape index (κ1) is 29.6. The van der Waals surface area contributed by atoms with Crippen molar-refractivity contribution in [3.8, 4) is 23.0 Å². The van der Waals surface area contributed by atoms with E-state index in [-0.39, 0.29) is 30.6 Å². The minimum absolute atomic E-state index is 0.0181. The fourth-order valence-corrected chi connectivity index (χ4v) is 5.43.